The van der Waals surface area contributed by atoms with E-state index in [0.717, 1.165) is 0 Å². The second kappa shape index (κ2) is 8.00. The average molecular weight is 525 g/mol. The molecule has 0 saturated carbocycles. The first-order chi connectivity index (χ1) is 12.6. The lowest BCUT2D eigenvalue weighted by molar-refractivity contribution is -0.534. The van der Waals surface area contributed by atoms with Gasteiger partial charge in [-0.3, -0.25) is 9.47 Å². The van der Waals surface area contributed by atoms with Gasteiger partial charge in [0.05, 0.1) is 0 Å². The maximum atomic E-state index is 13.7. The van der Waals surface area contributed by atoms with E-state index in [-0.39, 0.29) is 6.15 Å². The fraction of sp³-hybridized carbons (Fsp3) is 0.875. The van der Waals surface area contributed by atoms with Crippen molar-refractivity contribution < 1.29 is 89.3 Å². The van der Waals surface area contributed by atoms with Crippen LogP contribution in [0.1, 0.15) is 0 Å². The fourth-order valence-electron chi connectivity index (χ4n) is 1.15. The molecule has 0 aliphatic carbocycles. The number of hydrogen-bond acceptors (Lipinski definition) is 5. The van der Waals surface area contributed by atoms with Crippen LogP contribution in [-0.2, 0) is 24.3 Å². The zero-order valence-electron chi connectivity index (χ0n) is 13.8. The van der Waals surface area contributed by atoms with E-state index in [2.05, 4.69) is 5.14 Å². The molecule has 0 aliphatic rings. The van der Waals surface area contributed by atoms with Crippen molar-refractivity contribution >= 4 is 16.0 Å². The number of primary sulfonamides is 1. The lowest BCUT2D eigenvalue weighted by Gasteiger charge is -2.39. The predicted octanol–water partition coefficient (Wildman–Crippen LogP) is 3.00. The second-order valence-corrected chi connectivity index (χ2v) is 6.39. The Morgan fingerprint density at radius 3 is 1.29 bits per heavy atom. The first-order valence-electron chi connectivity index (χ1n) is 5.91. The van der Waals surface area contributed by atoms with E-state index in [9.17, 15) is 74.7 Å². The number of aliphatic carboxylic acids is 1. The van der Waals surface area contributed by atoms with Gasteiger partial charge in [-0.25, -0.2) is 18.4 Å². The van der Waals surface area contributed by atoms with Crippen LogP contribution in [0, 0.1) is 0 Å². The van der Waals surface area contributed by atoms with Crippen LogP contribution in [0.3, 0.4) is 0 Å². The highest BCUT2D eigenvalue weighted by Gasteiger charge is 2.84. The van der Waals surface area contributed by atoms with Crippen LogP contribution in [-0.4, -0.2) is 61.0 Å². The Morgan fingerprint density at radius 1 is 0.710 bits per heavy atom. The summed E-state index contributed by atoms with van der Waals surface area (Å²) in [5.41, 5.74) is 0. The molecule has 0 spiro atoms. The van der Waals surface area contributed by atoms with Gasteiger partial charge in [0.25, 0.3) is 10.0 Å². The van der Waals surface area contributed by atoms with Crippen molar-refractivity contribution in [2.24, 2.45) is 5.14 Å². The van der Waals surface area contributed by atoms with Gasteiger partial charge in [0, 0.05) is 0 Å². The average Bonchev–Trinajstić information content (AvgIpc) is 2.41. The van der Waals surface area contributed by atoms with Crippen molar-refractivity contribution in [3.63, 3.8) is 0 Å². The Morgan fingerprint density at radius 2 is 1.06 bits per heavy atom. The summed E-state index contributed by atoms with van der Waals surface area (Å²) in [6.45, 7) is 0. The summed E-state index contributed by atoms with van der Waals surface area (Å²) < 4.78 is 203. The highest BCUT2D eigenvalue weighted by molar-refractivity contribution is 7.90. The number of quaternary nitrogens is 1. The first kappa shape index (κ1) is 31.5. The Hall–Kier alpha value is -1.72. The summed E-state index contributed by atoms with van der Waals surface area (Å²) in [6, 6.07) is 0. The third kappa shape index (κ3) is 5.20. The van der Waals surface area contributed by atoms with E-state index in [1.807, 2.05) is 0 Å². The first-order valence-corrected chi connectivity index (χ1v) is 7.46. The lowest BCUT2D eigenvalue weighted by atomic mass is 10.2. The molecule has 0 aliphatic heterocycles. The minimum absolute atomic E-state index is 0. The van der Waals surface area contributed by atoms with Crippen LogP contribution in [0.25, 0.3) is 0 Å². The summed E-state index contributed by atoms with van der Waals surface area (Å²) in [4.78, 5) is 10.1. The number of carboxylic acids is 1. The van der Waals surface area contributed by atoms with Crippen molar-refractivity contribution in [3.8, 4) is 0 Å². The molecular weight excluding hydrogens is 518 g/mol. The minimum Gasteiger partial charge on any atom is -0.477 e. The second-order valence-electron chi connectivity index (χ2n) is 4.79. The van der Waals surface area contributed by atoms with Gasteiger partial charge in [0.1, 0.15) is 0 Å². The normalized spacial score (nSPS) is 18.5. The van der Waals surface area contributed by atoms with Gasteiger partial charge >= 0.3 is 47.5 Å². The van der Waals surface area contributed by atoms with Crippen molar-refractivity contribution in [1.29, 1.82) is 0 Å². The molecule has 0 radical (unpaired) electrons. The molecule has 2 unspecified atom stereocenters. The molecule has 188 valence electrons. The van der Waals surface area contributed by atoms with E-state index >= 15 is 0 Å². The number of rotatable bonds is 8. The summed E-state index contributed by atoms with van der Waals surface area (Å²) in [7, 11) is -7.07. The molecule has 8 nitrogen and oxygen atoms in total. The van der Waals surface area contributed by atoms with Gasteiger partial charge in [0.15, 0.2) is 0 Å². The standard InChI is InChI=1S/C8H3F14NO6S.H3N/c9-2(1(24)25,4(11,12)13)28-6(17,18)3(10,5(14,15)16)29-7(19,20)8(21,22)30(23,26)27;/h(H,24,25)(H2,23,26,27);1H3/p+1. The van der Waals surface area contributed by atoms with E-state index in [1.165, 1.54) is 4.74 Å². The maximum absolute atomic E-state index is 13.7. The Labute approximate surface area is 159 Å². The summed E-state index contributed by atoms with van der Waals surface area (Å²) in [5, 5.41) is 4.26. The Bertz CT molecular complexity index is 781. The molecule has 7 N–H and O–H groups in total. The van der Waals surface area contributed by atoms with E-state index in [4.69, 9.17) is 5.11 Å². The highest BCUT2D eigenvalue weighted by Crippen LogP contribution is 2.54. The van der Waals surface area contributed by atoms with Gasteiger partial charge in [0.2, 0.25) is 0 Å². The number of hydrogen-bond donors (Lipinski definition) is 3. The van der Waals surface area contributed by atoms with Crippen molar-refractivity contribution in [1.82, 2.24) is 6.15 Å². The highest BCUT2D eigenvalue weighted by atomic mass is 32.2. The predicted molar refractivity (Wildman–Crippen MR) is 63.5 cm³/mol. The Kier molecular flexibility index (Phi) is 8.12. The van der Waals surface area contributed by atoms with E-state index in [1.54, 1.807) is 4.74 Å². The van der Waals surface area contributed by atoms with Gasteiger partial charge < -0.3 is 11.3 Å². The number of halogens is 14. The van der Waals surface area contributed by atoms with Gasteiger partial charge in [-0.1, -0.05) is 0 Å². The van der Waals surface area contributed by atoms with Crippen LogP contribution >= 0.6 is 0 Å². The number of ether oxygens (including phenoxy) is 2. The van der Waals surface area contributed by atoms with Gasteiger partial charge in [-0.2, -0.15) is 61.5 Å². The molecule has 31 heavy (non-hydrogen) atoms. The van der Waals surface area contributed by atoms with Gasteiger partial charge in [-0.05, 0) is 0 Å². The summed E-state index contributed by atoms with van der Waals surface area (Å²) in [6.07, 6.45) is -30.4. The molecule has 0 saturated heterocycles. The third-order valence-corrected chi connectivity index (χ3v) is 3.56. The molecular formula is C8H7F14N2O6S+. The number of nitrogens with two attached hydrogens (primary N) is 1. The smallest absolute Gasteiger partial charge is 0.460 e. The monoisotopic (exact) mass is 525 g/mol. The topological polar surface area (TPSA) is 152 Å². The SMILES string of the molecule is NS(=O)(=O)C(F)(F)C(F)(F)OC(F)(C(F)(F)F)C(F)(F)OC(F)(C(=O)O)C(F)(F)F.[NH4+]. The number of alkyl halides is 14. The molecule has 0 rings (SSSR count). The molecule has 0 bridgehead atoms. The molecule has 0 amide bonds. The molecule has 2 atom stereocenters. The van der Waals surface area contributed by atoms with Gasteiger partial charge in [-0.15, -0.1) is 0 Å². The summed E-state index contributed by atoms with van der Waals surface area (Å²) in [5.74, 6) is -19.1. The molecule has 0 aromatic carbocycles. The maximum Gasteiger partial charge on any atom is 0.460 e. The third-order valence-electron chi connectivity index (χ3n) is 2.61. The molecule has 0 aromatic rings. The van der Waals surface area contributed by atoms with E-state index < -0.39 is 57.5 Å². The van der Waals surface area contributed by atoms with Crippen LogP contribution in [0.5, 0.6) is 0 Å². The van der Waals surface area contributed by atoms with Crippen LogP contribution in [0.15, 0.2) is 0 Å². The Balaban J connectivity index is 0. The van der Waals surface area contributed by atoms with Crippen molar-refractivity contribution in [2.45, 2.75) is 41.5 Å². The molecule has 23 heteroatoms. The molecule has 0 aromatic heterocycles. The van der Waals surface area contributed by atoms with Crippen molar-refractivity contribution in [3.05, 3.63) is 0 Å². The minimum atomic E-state index is -7.91. The number of carbonyl (C=O) groups is 1. The number of sulfonamides is 1. The zero-order chi connectivity index (χ0) is 25.0. The number of carboxylic acid groups (broad SMARTS) is 1. The van der Waals surface area contributed by atoms with Crippen LogP contribution in [0.2, 0.25) is 0 Å². The lowest BCUT2D eigenvalue weighted by Crippen LogP contribution is -2.67. The van der Waals surface area contributed by atoms with E-state index in [0.29, 0.717) is 0 Å². The van der Waals surface area contributed by atoms with Crippen LogP contribution < -0.4 is 11.3 Å². The zero-order valence-corrected chi connectivity index (χ0v) is 14.6. The summed E-state index contributed by atoms with van der Waals surface area (Å²) >= 11 is 0. The molecule has 0 heterocycles. The van der Waals surface area contributed by atoms with Crippen LogP contribution in [0.4, 0.5) is 61.5 Å². The fourth-order valence-corrected chi connectivity index (χ4v) is 1.52. The molecule has 0 fully saturated rings. The largest absolute Gasteiger partial charge is 0.477 e. The quantitative estimate of drug-likeness (QED) is 0.415. The van der Waals surface area contributed by atoms with Crippen molar-refractivity contribution in [2.75, 3.05) is 0 Å².